The van der Waals surface area contributed by atoms with Crippen molar-refractivity contribution in [2.45, 2.75) is 13.0 Å². The topological polar surface area (TPSA) is 47.0 Å². The average molecular weight is 276 g/mol. The van der Waals surface area contributed by atoms with E-state index in [4.69, 9.17) is 16.3 Å². The number of nitrogens with one attached hydrogen (secondary N) is 1. The van der Waals surface area contributed by atoms with Gasteiger partial charge in [0, 0.05) is 23.7 Å². The highest BCUT2D eigenvalue weighted by atomic mass is 35.5. The molecule has 1 aliphatic rings. The summed E-state index contributed by atoms with van der Waals surface area (Å²) in [5.74, 6) is 0.585. The van der Waals surface area contributed by atoms with Crippen LogP contribution >= 0.6 is 11.6 Å². The molecule has 19 heavy (non-hydrogen) atoms. The Hall–Kier alpha value is -1.65. The monoisotopic (exact) mass is 275 g/mol. The molecule has 2 aromatic rings. The van der Waals surface area contributed by atoms with Gasteiger partial charge in [-0.15, -0.1) is 0 Å². The molecule has 0 amide bonds. The fourth-order valence-electron chi connectivity index (χ4n) is 1.92. The third-order valence-corrected chi connectivity index (χ3v) is 3.33. The van der Waals surface area contributed by atoms with Crippen LogP contribution in [0.2, 0.25) is 5.02 Å². The van der Waals surface area contributed by atoms with Crippen molar-refractivity contribution in [1.82, 2.24) is 15.3 Å². The Labute approximate surface area is 116 Å². The third-order valence-electron chi connectivity index (χ3n) is 3.07. The van der Waals surface area contributed by atoms with Gasteiger partial charge in [0.15, 0.2) is 0 Å². The second-order valence-corrected chi connectivity index (χ2v) is 4.98. The molecule has 1 saturated heterocycles. The Morgan fingerprint density at radius 3 is 2.58 bits per heavy atom. The first-order valence-electron chi connectivity index (χ1n) is 6.19. The van der Waals surface area contributed by atoms with E-state index >= 15 is 0 Å². The van der Waals surface area contributed by atoms with E-state index < -0.39 is 0 Å². The Morgan fingerprint density at radius 2 is 2.00 bits per heavy atom. The molecule has 0 unspecified atom stereocenters. The van der Waals surface area contributed by atoms with Gasteiger partial charge in [-0.3, -0.25) is 0 Å². The maximum Gasteiger partial charge on any atom is 0.232 e. The highest BCUT2D eigenvalue weighted by molar-refractivity contribution is 6.30. The molecule has 0 saturated carbocycles. The van der Waals surface area contributed by atoms with Gasteiger partial charge in [-0.05, 0) is 19.1 Å². The van der Waals surface area contributed by atoms with E-state index in [9.17, 15) is 0 Å². The average Bonchev–Trinajstić information content (AvgIpc) is 2.36. The van der Waals surface area contributed by atoms with Crippen LogP contribution in [-0.2, 0) is 0 Å². The molecule has 1 fully saturated rings. The summed E-state index contributed by atoms with van der Waals surface area (Å²) in [6.45, 7) is 3.68. The van der Waals surface area contributed by atoms with Crippen LogP contribution in [0.4, 0.5) is 0 Å². The molecule has 1 aromatic heterocycles. The minimum absolute atomic E-state index is 0.218. The lowest BCUT2D eigenvalue weighted by Crippen LogP contribution is -2.50. The van der Waals surface area contributed by atoms with Crippen LogP contribution in [0, 0.1) is 6.92 Å². The second kappa shape index (κ2) is 5.15. The van der Waals surface area contributed by atoms with Gasteiger partial charge >= 0.3 is 0 Å². The fourth-order valence-corrected chi connectivity index (χ4v) is 2.05. The van der Waals surface area contributed by atoms with E-state index in [0.29, 0.717) is 10.9 Å². The first kappa shape index (κ1) is 12.4. The zero-order valence-electron chi connectivity index (χ0n) is 10.6. The van der Waals surface area contributed by atoms with E-state index in [1.165, 1.54) is 0 Å². The van der Waals surface area contributed by atoms with Crippen LogP contribution in [0.25, 0.3) is 11.3 Å². The molecule has 98 valence electrons. The Bertz CT molecular complexity index is 582. The van der Waals surface area contributed by atoms with Crippen LogP contribution in [0.15, 0.2) is 30.5 Å². The number of ether oxygens (including phenoxy) is 1. The van der Waals surface area contributed by atoms with Crippen molar-refractivity contribution in [3.63, 3.8) is 0 Å². The van der Waals surface area contributed by atoms with Crippen molar-refractivity contribution in [2.24, 2.45) is 0 Å². The van der Waals surface area contributed by atoms with Gasteiger partial charge in [-0.1, -0.05) is 23.7 Å². The molecule has 3 rings (SSSR count). The quantitative estimate of drug-likeness (QED) is 0.935. The first-order chi connectivity index (χ1) is 9.22. The summed E-state index contributed by atoms with van der Waals surface area (Å²) in [7, 11) is 0. The van der Waals surface area contributed by atoms with E-state index in [2.05, 4.69) is 15.3 Å². The summed E-state index contributed by atoms with van der Waals surface area (Å²) in [4.78, 5) is 8.89. The van der Waals surface area contributed by atoms with Crippen LogP contribution in [0.1, 0.15) is 5.69 Å². The molecule has 0 aliphatic carbocycles. The summed E-state index contributed by atoms with van der Waals surface area (Å²) in [6.07, 6.45) is 1.89. The van der Waals surface area contributed by atoms with E-state index in [1.54, 1.807) is 6.20 Å². The predicted molar refractivity (Wildman–Crippen MR) is 74.5 cm³/mol. The SMILES string of the molecule is Cc1nc(OC2CNC2)cnc1-c1ccc(Cl)cc1. The van der Waals surface area contributed by atoms with Gasteiger partial charge in [0.1, 0.15) is 6.10 Å². The lowest BCUT2D eigenvalue weighted by Gasteiger charge is -2.27. The summed E-state index contributed by atoms with van der Waals surface area (Å²) < 4.78 is 5.68. The molecule has 0 bridgehead atoms. The molecular weight excluding hydrogens is 262 g/mol. The number of aryl methyl sites for hydroxylation is 1. The highest BCUT2D eigenvalue weighted by Crippen LogP contribution is 2.23. The number of benzene rings is 1. The van der Waals surface area contributed by atoms with Crippen LogP contribution in [-0.4, -0.2) is 29.2 Å². The summed E-state index contributed by atoms with van der Waals surface area (Å²) in [5, 5.41) is 3.87. The fraction of sp³-hybridized carbons (Fsp3) is 0.286. The molecule has 1 aromatic carbocycles. The summed E-state index contributed by atoms with van der Waals surface area (Å²) in [6, 6.07) is 7.58. The van der Waals surface area contributed by atoms with Crippen molar-refractivity contribution < 1.29 is 4.74 Å². The lowest BCUT2D eigenvalue weighted by molar-refractivity contribution is 0.135. The standard InChI is InChI=1S/C14H14ClN3O/c1-9-14(10-2-4-11(15)5-3-10)17-8-13(18-9)19-12-6-16-7-12/h2-5,8,12,16H,6-7H2,1H3. The van der Waals surface area contributed by atoms with Crippen molar-refractivity contribution in [1.29, 1.82) is 0 Å². The van der Waals surface area contributed by atoms with Gasteiger partial charge in [0.05, 0.1) is 17.6 Å². The summed E-state index contributed by atoms with van der Waals surface area (Å²) >= 11 is 5.88. The van der Waals surface area contributed by atoms with Crippen molar-refractivity contribution in [3.05, 3.63) is 41.2 Å². The molecule has 0 radical (unpaired) electrons. The van der Waals surface area contributed by atoms with Crippen molar-refractivity contribution in [3.8, 4) is 17.1 Å². The lowest BCUT2D eigenvalue weighted by atomic mass is 10.1. The summed E-state index contributed by atoms with van der Waals surface area (Å²) in [5.41, 5.74) is 2.72. The third kappa shape index (κ3) is 2.69. The second-order valence-electron chi connectivity index (χ2n) is 4.55. The Kier molecular flexibility index (Phi) is 3.36. The molecule has 1 aliphatic heterocycles. The van der Waals surface area contributed by atoms with Crippen molar-refractivity contribution >= 4 is 11.6 Å². The molecule has 0 atom stereocenters. The Balaban J connectivity index is 1.84. The zero-order chi connectivity index (χ0) is 13.2. The smallest absolute Gasteiger partial charge is 0.232 e. The van der Waals surface area contributed by atoms with Gasteiger partial charge in [-0.2, -0.15) is 0 Å². The normalized spacial score (nSPS) is 15.1. The Morgan fingerprint density at radius 1 is 1.26 bits per heavy atom. The van der Waals surface area contributed by atoms with Crippen LogP contribution < -0.4 is 10.1 Å². The predicted octanol–water partition coefficient (Wildman–Crippen LogP) is 2.46. The van der Waals surface area contributed by atoms with Crippen molar-refractivity contribution in [2.75, 3.05) is 13.1 Å². The maximum atomic E-state index is 5.88. The number of aromatic nitrogens is 2. The molecular formula is C14H14ClN3O. The van der Waals surface area contributed by atoms with E-state index in [-0.39, 0.29) is 6.10 Å². The number of halogens is 1. The van der Waals surface area contributed by atoms with Gasteiger partial charge < -0.3 is 10.1 Å². The maximum absolute atomic E-state index is 5.88. The van der Waals surface area contributed by atoms with Gasteiger partial charge in [-0.25, -0.2) is 9.97 Å². The van der Waals surface area contributed by atoms with Crippen LogP contribution in [0.3, 0.4) is 0 Å². The van der Waals surface area contributed by atoms with E-state index in [1.807, 2.05) is 31.2 Å². The number of hydrogen-bond acceptors (Lipinski definition) is 4. The van der Waals surface area contributed by atoms with Gasteiger partial charge in [0.2, 0.25) is 5.88 Å². The molecule has 4 nitrogen and oxygen atoms in total. The number of nitrogens with zero attached hydrogens (tertiary/aromatic N) is 2. The largest absolute Gasteiger partial charge is 0.471 e. The molecule has 1 N–H and O–H groups in total. The molecule has 0 spiro atoms. The minimum Gasteiger partial charge on any atom is -0.471 e. The molecule has 2 heterocycles. The number of hydrogen-bond donors (Lipinski definition) is 1. The van der Waals surface area contributed by atoms with Crippen LogP contribution in [0.5, 0.6) is 5.88 Å². The van der Waals surface area contributed by atoms with Gasteiger partial charge in [0.25, 0.3) is 0 Å². The highest BCUT2D eigenvalue weighted by Gasteiger charge is 2.19. The van der Waals surface area contributed by atoms with E-state index in [0.717, 1.165) is 30.0 Å². The zero-order valence-corrected chi connectivity index (χ0v) is 11.3. The minimum atomic E-state index is 0.218. The first-order valence-corrected chi connectivity index (χ1v) is 6.57. The molecule has 5 heteroatoms. The number of rotatable bonds is 3.